The highest BCUT2D eigenvalue weighted by Gasteiger charge is 2.25. The molecule has 0 radical (unpaired) electrons. The number of alkyl halides is 1. The monoisotopic (exact) mass is 341 g/mol. The summed E-state index contributed by atoms with van der Waals surface area (Å²) in [5, 5.41) is 8.97. The van der Waals surface area contributed by atoms with Crippen LogP contribution in [0.15, 0.2) is 40.9 Å². The minimum atomic E-state index is -0.831. The molecule has 0 saturated carbocycles. The van der Waals surface area contributed by atoms with Crippen molar-refractivity contribution in [3.8, 4) is 0 Å². The van der Waals surface area contributed by atoms with E-state index in [1.165, 1.54) is 12.1 Å². The van der Waals surface area contributed by atoms with Crippen LogP contribution in [0.5, 0.6) is 0 Å². The summed E-state index contributed by atoms with van der Waals surface area (Å²) in [6, 6.07) is -0.207. The first kappa shape index (κ1) is 20.0. The van der Waals surface area contributed by atoms with Crippen molar-refractivity contribution < 1.29 is 18.3 Å². The van der Waals surface area contributed by atoms with E-state index in [-0.39, 0.29) is 25.0 Å². The molecule has 1 atom stereocenters. The van der Waals surface area contributed by atoms with Crippen LogP contribution in [0.2, 0.25) is 0 Å². The Morgan fingerprint density at radius 3 is 2.71 bits per heavy atom. The number of ether oxygens (including phenoxy) is 1. The van der Waals surface area contributed by atoms with Crippen LogP contribution in [0.4, 0.5) is 8.78 Å². The van der Waals surface area contributed by atoms with Crippen molar-refractivity contribution in [1.29, 1.82) is 0 Å². The predicted octanol–water partition coefficient (Wildman–Crippen LogP) is 2.73. The van der Waals surface area contributed by atoms with Gasteiger partial charge in [0.15, 0.2) is 0 Å². The van der Waals surface area contributed by atoms with E-state index in [0.717, 1.165) is 17.4 Å². The number of rotatable bonds is 8. The van der Waals surface area contributed by atoms with Crippen LogP contribution in [-0.4, -0.2) is 49.6 Å². The Morgan fingerprint density at radius 1 is 1.50 bits per heavy atom. The molecule has 0 aliphatic carbocycles. The Kier molecular flexibility index (Phi) is 7.78. The predicted molar refractivity (Wildman–Crippen MR) is 90.8 cm³/mol. The fourth-order valence-electron chi connectivity index (χ4n) is 2.22. The summed E-state index contributed by atoms with van der Waals surface area (Å²) in [4.78, 5) is 11.5. The van der Waals surface area contributed by atoms with Crippen molar-refractivity contribution in [2.45, 2.75) is 26.8 Å². The van der Waals surface area contributed by atoms with Gasteiger partial charge in [-0.1, -0.05) is 20.4 Å². The SMILES string of the molecule is C=C1C=C(C(C)NC/C(F)=C\CF)C(C(C)C)=NN1CC(=O)OC. The van der Waals surface area contributed by atoms with Gasteiger partial charge < -0.3 is 10.1 Å². The Hall–Kier alpha value is -2.02. The van der Waals surface area contributed by atoms with Crippen molar-refractivity contribution in [2.75, 3.05) is 26.9 Å². The van der Waals surface area contributed by atoms with Gasteiger partial charge in [0.1, 0.15) is 19.0 Å². The minimum Gasteiger partial charge on any atom is -0.468 e. The average Bonchev–Trinajstić information content (AvgIpc) is 2.53. The van der Waals surface area contributed by atoms with E-state index >= 15 is 0 Å². The van der Waals surface area contributed by atoms with Crippen LogP contribution >= 0.6 is 0 Å². The van der Waals surface area contributed by atoms with E-state index in [2.05, 4.69) is 21.7 Å². The Morgan fingerprint density at radius 2 is 2.17 bits per heavy atom. The van der Waals surface area contributed by atoms with Crippen LogP contribution in [0.3, 0.4) is 0 Å². The maximum atomic E-state index is 13.3. The summed E-state index contributed by atoms with van der Waals surface area (Å²) >= 11 is 0. The molecule has 1 aliphatic heterocycles. The van der Waals surface area contributed by atoms with Crippen LogP contribution in [0.1, 0.15) is 20.8 Å². The highest BCUT2D eigenvalue weighted by molar-refractivity contribution is 6.03. The van der Waals surface area contributed by atoms with Crippen molar-refractivity contribution in [3.05, 3.63) is 35.8 Å². The van der Waals surface area contributed by atoms with Gasteiger partial charge in [-0.25, -0.2) is 8.78 Å². The summed E-state index contributed by atoms with van der Waals surface area (Å²) in [6.07, 6.45) is 2.71. The Labute approximate surface area is 141 Å². The van der Waals surface area contributed by atoms with Gasteiger partial charge in [-0.2, -0.15) is 5.10 Å². The number of allylic oxidation sites excluding steroid dienone is 2. The normalized spacial score (nSPS) is 16.9. The molecule has 134 valence electrons. The van der Waals surface area contributed by atoms with Crippen LogP contribution in [0.25, 0.3) is 0 Å². The molecule has 0 aromatic carbocycles. The summed E-state index contributed by atoms with van der Waals surface area (Å²) in [5.41, 5.74) is 2.19. The first-order chi connectivity index (χ1) is 11.3. The molecule has 0 aromatic heterocycles. The second-order valence-corrected chi connectivity index (χ2v) is 5.77. The third kappa shape index (κ3) is 5.56. The molecule has 1 rings (SSSR count). The number of carbonyl (C=O) groups is 1. The lowest BCUT2D eigenvalue weighted by Crippen LogP contribution is -2.38. The molecule has 0 aromatic rings. The average molecular weight is 341 g/mol. The molecule has 0 fully saturated rings. The third-order valence-corrected chi connectivity index (χ3v) is 3.57. The lowest BCUT2D eigenvalue weighted by Gasteiger charge is -2.30. The molecule has 24 heavy (non-hydrogen) atoms. The number of carbonyl (C=O) groups excluding carboxylic acids is 1. The zero-order chi connectivity index (χ0) is 18.3. The number of hydrogen-bond donors (Lipinski definition) is 1. The number of hydrazone groups is 1. The number of nitrogens with zero attached hydrogens (tertiary/aromatic N) is 2. The zero-order valence-electron chi connectivity index (χ0n) is 14.6. The van der Waals surface area contributed by atoms with Crippen molar-refractivity contribution in [2.24, 2.45) is 11.0 Å². The van der Waals surface area contributed by atoms with E-state index in [1.807, 2.05) is 26.8 Å². The van der Waals surface area contributed by atoms with E-state index < -0.39 is 18.5 Å². The van der Waals surface area contributed by atoms with Crippen molar-refractivity contribution in [3.63, 3.8) is 0 Å². The first-order valence-corrected chi connectivity index (χ1v) is 7.77. The van der Waals surface area contributed by atoms with E-state index in [0.29, 0.717) is 5.70 Å². The fourth-order valence-corrected chi connectivity index (χ4v) is 2.22. The second-order valence-electron chi connectivity index (χ2n) is 5.77. The number of methoxy groups -OCH3 is 1. The quantitative estimate of drug-likeness (QED) is 0.690. The van der Waals surface area contributed by atoms with Crippen molar-refractivity contribution in [1.82, 2.24) is 10.3 Å². The third-order valence-electron chi connectivity index (χ3n) is 3.57. The standard InChI is InChI=1S/C17H25F2N3O2/c1-11(2)17-15(13(4)20-9-14(19)6-7-18)8-12(3)22(21-17)10-16(23)24-5/h6,8,11,13,20H,3,7,9-10H2,1-2,4-5H3/b14-6+. The highest BCUT2D eigenvalue weighted by atomic mass is 19.1. The Balaban J connectivity index is 2.91. The van der Waals surface area contributed by atoms with E-state index in [9.17, 15) is 13.6 Å². The minimum absolute atomic E-state index is 0.0228. The lowest BCUT2D eigenvalue weighted by atomic mass is 9.93. The second kappa shape index (κ2) is 9.32. The summed E-state index contributed by atoms with van der Waals surface area (Å²) in [6.45, 7) is 8.82. The smallest absolute Gasteiger partial charge is 0.327 e. The maximum Gasteiger partial charge on any atom is 0.327 e. The summed E-state index contributed by atoms with van der Waals surface area (Å²) < 4.78 is 30.1. The number of nitrogens with one attached hydrogen (secondary N) is 1. The summed E-state index contributed by atoms with van der Waals surface area (Å²) in [7, 11) is 1.31. The molecule has 7 heteroatoms. The van der Waals surface area contributed by atoms with E-state index in [1.54, 1.807) is 0 Å². The molecule has 0 amide bonds. The largest absolute Gasteiger partial charge is 0.468 e. The van der Waals surface area contributed by atoms with Gasteiger partial charge in [-0.3, -0.25) is 9.80 Å². The van der Waals surface area contributed by atoms with Crippen molar-refractivity contribution >= 4 is 11.7 Å². The van der Waals surface area contributed by atoms with Crippen LogP contribution in [0, 0.1) is 5.92 Å². The molecule has 1 heterocycles. The van der Waals surface area contributed by atoms with Gasteiger partial charge in [0, 0.05) is 12.6 Å². The lowest BCUT2D eigenvalue weighted by molar-refractivity contribution is -0.141. The fraction of sp³-hybridized carbons (Fsp3) is 0.529. The molecule has 1 unspecified atom stereocenters. The number of esters is 1. The topological polar surface area (TPSA) is 53.9 Å². The summed E-state index contributed by atoms with van der Waals surface area (Å²) in [5.74, 6) is -0.862. The van der Waals surface area contributed by atoms with Gasteiger partial charge >= 0.3 is 5.97 Å². The molecule has 5 nitrogen and oxygen atoms in total. The zero-order valence-corrected chi connectivity index (χ0v) is 14.6. The molecule has 0 spiro atoms. The molecular weight excluding hydrogens is 316 g/mol. The molecule has 1 aliphatic rings. The molecule has 0 bridgehead atoms. The van der Waals surface area contributed by atoms with E-state index in [4.69, 9.17) is 0 Å². The first-order valence-electron chi connectivity index (χ1n) is 7.77. The number of halogens is 2. The molecular formula is C17H25F2N3O2. The van der Waals surface area contributed by atoms with Gasteiger partial charge in [0.2, 0.25) is 0 Å². The van der Waals surface area contributed by atoms with Crippen LogP contribution < -0.4 is 5.32 Å². The van der Waals surface area contributed by atoms with Gasteiger partial charge in [0.25, 0.3) is 0 Å². The highest BCUT2D eigenvalue weighted by Crippen LogP contribution is 2.23. The molecule has 1 N–H and O–H groups in total. The molecule has 0 saturated heterocycles. The van der Waals surface area contributed by atoms with Gasteiger partial charge in [0.05, 0.1) is 18.5 Å². The van der Waals surface area contributed by atoms with Gasteiger partial charge in [-0.15, -0.1) is 0 Å². The Bertz CT molecular complexity index is 568. The maximum absolute atomic E-state index is 13.3. The number of hydrogen-bond acceptors (Lipinski definition) is 5. The van der Waals surface area contributed by atoms with Crippen LogP contribution in [-0.2, 0) is 9.53 Å². The van der Waals surface area contributed by atoms with Gasteiger partial charge in [-0.05, 0) is 30.6 Å².